The Morgan fingerprint density at radius 1 is 1.12 bits per heavy atom. The molecule has 92 valence electrons. The molecule has 0 unspecified atom stereocenters. The van der Waals surface area contributed by atoms with Crippen LogP contribution in [0.5, 0.6) is 0 Å². The van der Waals surface area contributed by atoms with Gasteiger partial charge in [-0.05, 0) is 43.7 Å². The Labute approximate surface area is 106 Å². The van der Waals surface area contributed by atoms with E-state index in [0.29, 0.717) is 0 Å². The lowest BCUT2D eigenvalue weighted by Gasteiger charge is -2.16. The van der Waals surface area contributed by atoms with Crippen LogP contribution in [-0.2, 0) is 0 Å². The fourth-order valence-electron chi connectivity index (χ4n) is 1.91. The van der Waals surface area contributed by atoms with Crippen LogP contribution in [0.25, 0.3) is 0 Å². The minimum absolute atomic E-state index is 0. The van der Waals surface area contributed by atoms with E-state index in [4.69, 9.17) is 5.73 Å². The van der Waals surface area contributed by atoms with E-state index < -0.39 is 0 Å². The summed E-state index contributed by atoms with van der Waals surface area (Å²) < 4.78 is 0. The van der Waals surface area contributed by atoms with Crippen molar-refractivity contribution < 1.29 is 0 Å². The third-order valence-corrected chi connectivity index (χ3v) is 2.88. The minimum atomic E-state index is 0. The van der Waals surface area contributed by atoms with Crippen molar-refractivity contribution in [1.82, 2.24) is 0 Å². The maximum atomic E-state index is 6.19. The Bertz CT molecular complexity index is 321. The average Bonchev–Trinajstić information content (AvgIpc) is 2.14. The van der Waals surface area contributed by atoms with Gasteiger partial charge < -0.3 is 5.73 Å². The molecule has 0 saturated heterocycles. The lowest BCUT2D eigenvalue weighted by molar-refractivity contribution is 0.506. The highest BCUT2D eigenvalue weighted by molar-refractivity contribution is 5.85. The second kappa shape index (κ2) is 6.93. The van der Waals surface area contributed by atoms with Gasteiger partial charge in [0.1, 0.15) is 0 Å². The van der Waals surface area contributed by atoms with Crippen molar-refractivity contribution in [2.45, 2.75) is 46.6 Å². The molecular weight excluding hydrogens is 218 g/mol. The summed E-state index contributed by atoms with van der Waals surface area (Å²) in [5.41, 5.74) is 10.1. The number of halogens is 1. The molecule has 0 spiro atoms. The van der Waals surface area contributed by atoms with Gasteiger partial charge in [0.2, 0.25) is 0 Å². The summed E-state index contributed by atoms with van der Waals surface area (Å²) in [4.78, 5) is 0. The summed E-state index contributed by atoms with van der Waals surface area (Å²) >= 11 is 0. The highest BCUT2D eigenvalue weighted by Gasteiger charge is 2.09. The zero-order chi connectivity index (χ0) is 11.4. The fraction of sp³-hybridized carbons (Fsp3) is 0.571. The van der Waals surface area contributed by atoms with Gasteiger partial charge in [0, 0.05) is 6.04 Å². The lowest BCUT2D eigenvalue weighted by atomic mass is 9.94. The number of hydrogen-bond acceptors (Lipinski definition) is 1. The van der Waals surface area contributed by atoms with Gasteiger partial charge in [-0.2, -0.15) is 0 Å². The van der Waals surface area contributed by atoms with Crippen LogP contribution in [0.4, 0.5) is 0 Å². The summed E-state index contributed by atoms with van der Waals surface area (Å²) in [6.45, 7) is 8.76. The second-order valence-electron chi connectivity index (χ2n) is 4.94. The molecule has 2 N–H and O–H groups in total. The first kappa shape index (κ1) is 15.5. The quantitative estimate of drug-likeness (QED) is 0.842. The molecular formula is C14H24ClN. The Hall–Kier alpha value is -0.530. The van der Waals surface area contributed by atoms with Crippen LogP contribution in [-0.4, -0.2) is 0 Å². The molecule has 1 atom stereocenters. The van der Waals surface area contributed by atoms with Crippen LogP contribution in [0.1, 0.15) is 49.4 Å². The predicted octanol–water partition coefficient (Wildman–Crippen LogP) is 4.16. The van der Waals surface area contributed by atoms with Crippen molar-refractivity contribution in [2.24, 2.45) is 11.7 Å². The molecule has 0 saturated carbocycles. The van der Waals surface area contributed by atoms with Crippen molar-refractivity contribution >= 4 is 12.4 Å². The summed E-state index contributed by atoms with van der Waals surface area (Å²) in [5.74, 6) is 0.738. The summed E-state index contributed by atoms with van der Waals surface area (Å²) in [6, 6.07) is 6.74. The van der Waals surface area contributed by atoms with Gasteiger partial charge in [0.25, 0.3) is 0 Å². The summed E-state index contributed by atoms with van der Waals surface area (Å²) in [7, 11) is 0. The van der Waals surface area contributed by atoms with Crippen LogP contribution in [0.15, 0.2) is 18.2 Å². The first-order valence-corrected chi connectivity index (χ1v) is 5.83. The van der Waals surface area contributed by atoms with Crippen molar-refractivity contribution in [3.8, 4) is 0 Å². The fourth-order valence-corrected chi connectivity index (χ4v) is 1.91. The molecule has 0 aliphatic carbocycles. The third-order valence-electron chi connectivity index (χ3n) is 2.88. The number of benzene rings is 1. The summed E-state index contributed by atoms with van der Waals surface area (Å²) in [5, 5.41) is 0. The van der Waals surface area contributed by atoms with Crippen LogP contribution >= 0.6 is 12.4 Å². The van der Waals surface area contributed by atoms with E-state index >= 15 is 0 Å². The van der Waals surface area contributed by atoms with Crippen LogP contribution in [0, 0.1) is 19.8 Å². The molecule has 1 rings (SSSR count). The molecule has 0 radical (unpaired) electrons. The van der Waals surface area contributed by atoms with E-state index in [0.717, 1.165) is 12.3 Å². The Balaban J connectivity index is 0.00000225. The van der Waals surface area contributed by atoms with E-state index in [9.17, 15) is 0 Å². The number of hydrogen-bond donors (Lipinski definition) is 1. The van der Waals surface area contributed by atoms with E-state index in [1.54, 1.807) is 0 Å². The monoisotopic (exact) mass is 241 g/mol. The molecule has 0 fully saturated rings. The molecule has 1 aromatic carbocycles. The van der Waals surface area contributed by atoms with E-state index in [1.165, 1.54) is 23.1 Å². The molecule has 0 aliphatic rings. The van der Waals surface area contributed by atoms with Gasteiger partial charge in [0.15, 0.2) is 0 Å². The molecule has 0 aliphatic heterocycles. The van der Waals surface area contributed by atoms with Crippen LogP contribution < -0.4 is 5.73 Å². The van der Waals surface area contributed by atoms with Crippen LogP contribution in [0.2, 0.25) is 0 Å². The number of aryl methyl sites for hydroxylation is 2. The molecule has 1 aromatic rings. The highest BCUT2D eigenvalue weighted by Crippen LogP contribution is 2.22. The molecule has 16 heavy (non-hydrogen) atoms. The van der Waals surface area contributed by atoms with E-state index in [1.807, 2.05) is 0 Å². The first-order valence-electron chi connectivity index (χ1n) is 5.83. The van der Waals surface area contributed by atoms with Gasteiger partial charge in [-0.3, -0.25) is 0 Å². The Morgan fingerprint density at radius 2 is 1.75 bits per heavy atom. The molecule has 1 nitrogen and oxygen atoms in total. The van der Waals surface area contributed by atoms with Crippen molar-refractivity contribution in [1.29, 1.82) is 0 Å². The van der Waals surface area contributed by atoms with Crippen molar-refractivity contribution in [2.75, 3.05) is 0 Å². The Morgan fingerprint density at radius 3 is 2.25 bits per heavy atom. The largest absolute Gasteiger partial charge is 0.324 e. The average molecular weight is 242 g/mol. The van der Waals surface area contributed by atoms with Gasteiger partial charge in [0.05, 0.1) is 0 Å². The zero-order valence-corrected chi connectivity index (χ0v) is 11.6. The SMILES string of the molecule is Cc1ccc([C@@H](N)CCC(C)C)c(C)c1.Cl. The maximum absolute atomic E-state index is 6.19. The van der Waals surface area contributed by atoms with Crippen molar-refractivity contribution in [3.05, 3.63) is 34.9 Å². The standard InChI is InChI=1S/C14H23N.ClH/c1-10(2)5-8-14(15)13-7-6-11(3)9-12(13)4;/h6-7,9-10,14H,5,8,15H2,1-4H3;1H/t14-;/m0./s1. The minimum Gasteiger partial charge on any atom is -0.324 e. The highest BCUT2D eigenvalue weighted by atomic mass is 35.5. The maximum Gasteiger partial charge on any atom is 0.0297 e. The number of rotatable bonds is 4. The van der Waals surface area contributed by atoms with E-state index in [-0.39, 0.29) is 18.4 Å². The van der Waals surface area contributed by atoms with Gasteiger partial charge in [-0.15, -0.1) is 12.4 Å². The van der Waals surface area contributed by atoms with E-state index in [2.05, 4.69) is 45.9 Å². The molecule has 0 aromatic heterocycles. The smallest absolute Gasteiger partial charge is 0.0297 e. The first-order chi connectivity index (χ1) is 7.00. The number of nitrogens with two attached hydrogens (primary N) is 1. The topological polar surface area (TPSA) is 26.0 Å². The molecule has 0 heterocycles. The van der Waals surface area contributed by atoms with Gasteiger partial charge in [-0.1, -0.05) is 37.6 Å². The van der Waals surface area contributed by atoms with Gasteiger partial charge >= 0.3 is 0 Å². The van der Waals surface area contributed by atoms with Gasteiger partial charge in [-0.25, -0.2) is 0 Å². The molecule has 2 heteroatoms. The normalized spacial score (nSPS) is 12.4. The zero-order valence-electron chi connectivity index (χ0n) is 10.8. The lowest BCUT2D eigenvalue weighted by Crippen LogP contribution is -2.12. The molecule has 0 amide bonds. The van der Waals surface area contributed by atoms with Crippen molar-refractivity contribution in [3.63, 3.8) is 0 Å². The second-order valence-corrected chi connectivity index (χ2v) is 4.94. The Kier molecular flexibility index (Phi) is 6.70. The van der Waals surface area contributed by atoms with Crippen LogP contribution in [0.3, 0.4) is 0 Å². The summed E-state index contributed by atoms with van der Waals surface area (Å²) in [6.07, 6.45) is 2.29. The predicted molar refractivity (Wildman–Crippen MR) is 74.2 cm³/mol. The molecule has 0 bridgehead atoms. The third kappa shape index (κ3) is 4.54.